The fourth-order valence-corrected chi connectivity index (χ4v) is 3.01. The van der Waals surface area contributed by atoms with Gasteiger partial charge in [-0.05, 0) is 44.2 Å². The monoisotopic (exact) mass is 274 g/mol. The van der Waals surface area contributed by atoms with Crippen LogP contribution in [0.1, 0.15) is 50.7 Å². The van der Waals surface area contributed by atoms with Crippen LogP contribution in [0.3, 0.4) is 0 Å². The minimum atomic E-state index is -0.363. The Bertz CT molecular complexity index is 506. The Balaban J connectivity index is 2.02. The molecule has 0 saturated heterocycles. The molecule has 0 bridgehead atoms. The lowest BCUT2D eigenvalue weighted by Gasteiger charge is -2.38. The Morgan fingerprint density at radius 3 is 2.60 bits per heavy atom. The van der Waals surface area contributed by atoms with Crippen LogP contribution < -0.4 is 0 Å². The van der Waals surface area contributed by atoms with E-state index in [0.29, 0.717) is 23.6 Å². The first-order valence-electron chi connectivity index (χ1n) is 7.31. The molecule has 108 valence electrons. The van der Waals surface area contributed by atoms with E-state index >= 15 is 0 Å². The molecule has 2 nitrogen and oxygen atoms in total. The topological polar surface area (TPSA) is 27.0 Å². The standard InChI is InChI=1S/C17H23FN2/c1-17(2)9-7-15(8-10-17)20(3)12-14-6-4-5-13(11-19)16(14)18/h4-6,15H,7-10,12H2,1-3H3. The molecule has 2 rings (SSSR count). The zero-order chi connectivity index (χ0) is 14.8. The predicted molar refractivity (Wildman–Crippen MR) is 78.6 cm³/mol. The lowest BCUT2D eigenvalue weighted by Crippen LogP contribution is -2.36. The van der Waals surface area contributed by atoms with Crippen molar-refractivity contribution >= 4 is 0 Å². The second-order valence-corrected chi connectivity index (χ2v) is 6.70. The lowest BCUT2D eigenvalue weighted by atomic mass is 9.75. The molecule has 1 aliphatic rings. The maximum atomic E-state index is 14.1. The summed E-state index contributed by atoms with van der Waals surface area (Å²) in [4.78, 5) is 2.23. The number of halogens is 1. The van der Waals surface area contributed by atoms with Crippen LogP contribution in [0.15, 0.2) is 18.2 Å². The highest BCUT2D eigenvalue weighted by Gasteiger charge is 2.29. The van der Waals surface area contributed by atoms with E-state index in [4.69, 9.17) is 5.26 Å². The van der Waals surface area contributed by atoms with Gasteiger partial charge in [0.2, 0.25) is 0 Å². The van der Waals surface area contributed by atoms with Crippen LogP contribution in [-0.2, 0) is 6.54 Å². The number of hydrogen-bond acceptors (Lipinski definition) is 2. The highest BCUT2D eigenvalue weighted by atomic mass is 19.1. The van der Waals surface area contributed by atoms with Crippen molar-refractivity contribution < 1.29 is 4.39 Å². The molecule has 20 heavy (non-hydrogen) atoms. The molecule has 1 fully saturated rings. The van der Waals surface area contributed by atoms with E-state index in [2.05, 4.69) is 25.8 Å². The van der Waals surface area contributed by atoms with Gasteiger partial charge >= 0.3 is 0 Å². The van der Waals surface area contributed by atoms with Crippen LogP contribution in [0.2, 0.25) is 0 Å². The minimum Gasteiger partial charge on any atom is -0.299 e. The summed E-state index contributed by atoms with van der Waals surface area (Å²) in [7, 11) is 2.06. The van der Waals surface area contributed by atoms with Crippen LogP contribution in [0.4, 0.5) is 4.39 Å². The first-order chi connectivity index (χ1) is 9.43. The summed E-state index contributed by atoms with van der Waals surface area (Å²) in [6, 6.07) is 7.49. The van der Waals surface area contributed by atoms with E-state index in [1.165, 1.54) is 31.7 Å². The Hall–Kier alpha value is -1.40. The van der Waals surface area contributed by atoms with Crippen LogP contribution in [0.5, 0.6) is 0 Å². The average molecular weight is 274 g/mol. The van der Waals surface area contributed by atoms with E-state index in [-0.39, 0.29) is 11.4 Å². The van der Waals surface area contributed by atoms with Crippen molar-refractivity contribution in [3.63, 3.8) is 0 Å². The third kappa shape index (κ3) is 3.37. The van der Waals surface area contributed by atoms with Crippen molar-refractivity contribution in [3.05, 3.63) is 35.1 Å². The van der Waals surface area contributed by atoms with Gasteiger partial charge in [0, 0.05) is 18.2 Å². The Morgan fingerprint density at radius 2 is 2.00 bits per heavy atom. The molecule has 1 aliphatic carbocycles. The second kappa shape index (κ2) is 5.93. The third-order valence-electron chi connectivity index (χ3n) is 4.55. The van der Waals surface area contributed by atoms with Crippen molar-refractivity contribution in [2.75, 3.05) is 7.05 Å². The summed E-state index contributed by atoms with van der Waals surface area (Å²) in [5.41, 5.74) is 1.21. The molecular formula is C17H23FN2. The summed E-state index contributed by atoms with van der Waals surface area (Å²) >= 11 is 0. The van der Waals surface area contributed by atoms with E-state index < -0.39 is 0 Å². The van der Waals surface area contributed by atoms with Gasteiger partial charge in [-0.25, -0.2) is 4.39 Å². The molecule has 1 saturated carbocycles. The number of nitrogens with zero attached hydrogens (tertiary/aromatic N) is 2. The number of rotatable bonds is 3. The second-order valence-electron chi connectivity index (χ2n) is 6.70. The van der Waals surface area contributed by atoms with Crippen molar-refractivity contribution in [1.82, 2.24) is 4.90 Å². The minimum absolute atomic E-state index is 0.140. The fraction of sp³-hybridized carbons (Fsp3) is 0.588. The molecule has 0 unspecified atom stereocenters. The number of benzene rings is 1. The van der Waals surface area contributed by atoms with Gasteiger partial charge in [0.05, 0.1) is 5.56 Å². The van der Waals surface area contributed by atoms with Crippen LogP contribution in [0.25, 0.3) is 0 Å². The van der Waals surface area contributed by atoms with Gasteiger partial charge < -0.3 is 0 Å². The Kier molecular flexibility index (Phi) is 4.45. The van der Waals surface area contributed by atoms with Gasteiger partial charge in [0.1, 0.15) is 11.9 Å². The highest BCUT2D eigenvalue weighted by molar-refractivity contribution is 5.34. The van der Waals surface area contributed by atoms with Gasteiger partial charge in [0.25, 0.3) is 0 Å². The first kappa shape index (κ1) is 15.0. The summed E-state index contributed by atoms with van der Waals surface area (Å²) in [6.07, 6.45) is 4.79. The molecule has 1 aromatic rings. The number of hydrogen-bond donors (Lipinski definition) is 0. The van der Waals surface area contributed by atoms with Crippen molar-refractivity contribution in [2.45, 2.75) is 52.1 Å². The Labute approximate surface area is 121 Å². The summed E-state index contributed by atoms with van der Waals surface area (Å²) in [5.74, 6) is -0.363. The molecule has 0 atom stereocenters. The fourth-order valence-electron chi connectivity index (χ4n) is 3.01. The summed E-state index contributed by atoms with van der Waals surface area (Å²) in [5, 5.41) is 8.88. The SMILES string of the molecule is CN(Cc1cccc(C#N)c1F)C1CCC(C)(C)CC1. The maximum absolute atomic E-state index is 14.1. The highest BCUT2D eigenvalue weighted by Crippen LogP contribution is 2.36. The van der Waals surface area contributed by atoms with Gasteiger partial charge in [-0.1, -0.05) is 26.0 Å². The smallest absolute Gasteiger partial charge is 0.145 e. The van der Waals surface area contributed by atoms with Gasteiger partial charge in [-0.2, -0.15) is 5.26 Å². The molecule has 0 radical (unpaired) electrons. The molecule has 3 heteroatoms. The zero-order valence-corrected chi connectivity index (χ0v) is 12.6. The van der Waals surface area contributed by atoms with Gasteiger partial charge in [-0.3, -0.25) is 4.90 Å². The molecule has 0 heterocycles. The summed E-state index contributed by atoms with van der Waals surface area (Å²) < 4.78 is 14.1. The van der Waals surface area contributed by atoms with Crippen LogP contribution in [-0.4, -0.2) is 18.0 Å². The molecule has 0 spiro atoms. The summed E-state index contributed by atoms with van der Waals surface area (Å²) in [6.45, 7) is 5.21. The van der Waals surface area contributed by atoms with Gasteiger partial charge in [-0.15, -0.1) is 0 Å². The first-order valence-corrected chi connectivity index (χ1v) is 7.31. The molecular weight excluding hydrogens is 251 g/mol. The average Bonchev–Trinajstić information content (AvgIpc) is 2.41. The lowest BCUT2D eigenvalue weighted by molar-refractivity contribution is 0.122. The van der Waals surface area contributed by atoms with Crippen molar-refractivity contribution in [1.29, 1.82) is 5.26 Å². The molecule has 0 aliphatic heterocycles. The molecule has 1 aromatic carbocycles. The van der Waals surface area contributed by atoms with E-state index in [0.717, 1.165) is 0 Å². The van der Waals surface area contributed by atoms with Crippen molar-refractivity contribution in [2.24, 2.45) is 5.41 Å². The van der Waals surface area contributed by atoms with E-state index in [1.54, 1.807) is 12.1 Å². The van der Waals surface area contributed by atoms with E-state index in [9.17, 15) is 4.39 Å². The van der Waals surface area contributed by atoms with Crippen molar-refractivity contribution in [3.8, 4) is 6.07 Å². The molecule has 0 N–H and O–H groups in total. The molecule has 0 amide bonds. The predicted octanol–water partition coefficient (Wildman–Crippen LogP) is 4.10. The van der Waals surface area contributed by atoms with Crippen LogP contribution >= 0.6 is 0 Å². The third-order valence-corrected chi connectivity index (χ3v) is 4.55. The van der Waals surface area contributed by atoms with Gasteiger partial charge in [0.15, 0.2) is 0 Å². The Morgan fingerprint density at radius 1 is 1.35 bits per heavy atom. The van der Waals surface area contributed by atoms with Crippen LogP contribution in [0, 0.1) is 22.6 Å². The maximum Gasteiger partial charge on any atom is 0.145 e. The number of nitriles is 1. The zero-order valence-electron chi connectivity index (χ0n) is 12.6. The largest absolute Gasteiger partial charge is 0.299 e. The normalized spacial score (nSPS) is 19.0. The quantitative estimate of drug-likeness (QED) is 0.829. The molecule has 0 aromatic heterocycles. The van der Waals surface area contributed by atoms with E-state index in [1.807, 2.05) is 6.07 Å².